The normalized spacial score (nSPS) is 14.1. The Morgan fingerprint density at radius 1 is 0.851 bits per heavy atom. The van der Waals surface area contributed by atoms with E-state index in [1.165, 1.54) is 20.1 Å². The fraction of sp³-hybridized carbons (Fsp3) is 0.417. The number of methoxy groups -OCH3 is 5. The molecule has 1 aliphatic carbocycles. The van der Waals surface area contributed by atoms with Crippen LogP contribution in [0.1, 0.15) is 49.9 Å². The van der Waals surface area contributed by atoms with Gasteiger partial charge in [0, 0.05) is 19.0 Å². The molecule has 4 rings (SSSR count). The van der Waals surface area contributed by atoms with E-state index in [-0.39, 0.29) is 28.8 Å². The number of nitrogens with one attached hydrogen (secondary N) is 3. The molecule has 3 N–H and O–H groups in total. The molecule has 11 heteroatoms. The summed E-state index contributed by atoms with van der Waals surface area (Å²) in [6, 6.07) is 11.5. The fourth-order valence-corrected chi connectivity index (χ4v) is 6.01. The third-order valence-corrected chi connectivity index (χ3v) is 8.34. The number of rotatable bonds is 13. The van der Waals surface area contributed by atoms with Crippen molar-refractivity contribution < 1.29 is 33.3 Å². The van der Waals surface area contributed by atoms with E-state index in [1.54, 1.807) is 34.5 Å². The molecule has 2 amide bonds. The topological polar surface area (TPSA) is 133 Å². The van der Waals surface area contributed by atoms with Gasteiger partial charge in [0.2, 0.25) is 23.0 Å². The van der Waals surface area contributed by atoms with Gasteiger partial charge in [0.05, 0.1) is 47.3 Å². The molecule has 3 aromatic rings. The highest BCUT2D eigenvalue weighted by molar-refractivity contribution is 5.86. The van der Waals surface area contributed by atoms with Crippen LogP contribution in [-0.2, 0) is 22.4 Å². The second-order valence-corrected chi connectivity index (χ2v) is 11.7. The highest BCUT2D eigenvalue weighted by Crippen LogP contribution is 2.50. The zero-order valence-corrected chi connectivity index (χ0v) is 28.4. The van der Waals surface area contributed by atoms with Gasteiger partial charge >= 0.3 is 0 Å². The lowest BCUT2D eigenvalue weighted by molar-refractivity contribution is -0.122. The average molecular weight is 648 g/mol. The van der Waals surface area contributed by atoms with Crippen LogP contribution in [0, 0.1) is 5.92 Å². The lowest BCUT2D eigenvalue weighted by atomic mass is 9.95. The van der Waals surface area contributed by atoms with Gasteiger partial charge in [-0.15, -0.1) is 0 Å². The number of hydrogen-bond acceptors (Lipinski definition) is 9. The highest BCUT2D eigenvalue weighted by Gasteiger charge is 2.30. The van der Waals surface area contributed by atoms with Gasteiger partial charge in [0.1, 0.15) is 6.04 Å². The molecule has 0 saturated carbocycles. The third kappa shape index (κ3) is 7.73. The number of hydrogen-bond donors (Lipinski definition) is 3. The molecule has 0 heterocycles. The zero-order chi connectivity index (χ0) is 34.2. The Labute approximate surface area is 275 Å². The van der Waals surface area contributed by atoms with Gasteiger partial charge in [-0.1, -0.05) is 26.0 Å². The minimum absolute atomic E-state index is 0.136. The van der Waals surface area contributed by atoms with Gasteiger partial charge in [-0.2, -0.15) is 0 Å². The molecule has 2 atom stereocenters. The van der Waals surface area contributed by atoms with Crippen LogP contribution >= 0.6 is 0 Å². The van der Waals surface area contributed by atoms with Gasteiger partial charge in [-0.05, 0) is 77.8 Å². The predicted octanol–water partition coefficient (Wildman–Crippen LogP) is 4.68. The maximum Gasteiger partial charge on any atom is 0.242 e. The first-order valence-corrected chi connectivity index (χ1v) is 15.6. The number of fused-ring (bicyclic) bond motifs is 3. The van der Waals surface area contributed by atoms with Gasteiger partial charge in [0.25, 0.3) is 0 Å². The molecule has 3 aromatic carbocycles. The van der Waals surface area contributed by atoms with Crippen LogP contribution in [-0.4, -0.2) is 59.9 Å². The van der Waals surface area contributed by atoms with Crippen molar-refractivity contribution in [1.29, 1.82) is 0 Å². The fourth-order valence-electron chi connectivity index (χ4n) is 6.01. The van der Waals surface area contributed by atoms with Gasteiger partial charge < -0.3 is 39.6 Å². The molecule has 0 aromatic heterocycles. The molecule has 0 aliphatic heterocycles. The van der Waals surface area contributed by atoms with E-state index in [0.717, 1.165) is 16.7 Å². The van der Waals surface area contributed by atoms with Crippen LogP contribution in [0.25, 0.3) is 11.1 Å². The number of anilines is 1. The Hall–Kier alpha value is -4.93. The first-order valence-electron chi connectivity index (χ1n) is 15.6. The molecular weight excluding hydrogens is 602 g/mol. The predicted molar refractivity (Wildman–Crippen MR) is 181 cm³/mol. The van der Waals surface area contributed by atoms with Crippen molar-refractivity contribution in [3.05, 3.63) is 69.4 Å². The molecule has 11 nitrogen and oxygen atoms in total. The number of amides is 2. The van der Waals surface area contributed by atoms with Crippen LogP contribution in [0.5, 0.6) is 28.7 Å². The third-order valence-electron chi connectivity index (χ3n) is 8.34. The zero-order valence-electron chi connectivity index (χ0n) is 28.4. The largest absolute Gasteiger partial charge is 0.493 e. The second kappa shape index (κ2) is 15.6. The Kier molecular flexibility index (Phi) is 11.6. The van der Waals surface area contributed by atoms with Crippen molar-refractivity contribution in [2.45, 2.75) is 52.1 Å². The summed E-state index contributed by atoms with van der Waals surface area (Å²) in [5.41, 5.74) is 3.96. The smallest absolute Gasteiger partial charge is 0.242 e. The summed E-state index contributed by atoms with van der Waals surface area (Å²) >= 11 is 0. The number of carbonyl (C=O) groups excluding carboxylic acids is 2. The van der Waals surface area contributed by atoms with E-state index in [0.29, 0.717) is 65.7 Å². The summed E-state index contributed by atoms with van der Waals surface area (Å²) in [5.74, 6) is 2.09. The van der Waals surface area contributed by atoms with E-state index in [9.17, 15) is 14.4 Å². The van der Waals surface area contributed by atoms with Crippen molar-refractivity contribution >= 4 is 17.5 Å². The summed E-state index contributed by atoms with van der Waals surface area (Å²) < 4.78 is 27.8. The minimum Gasteiger partial charge on any atom is -0.493 e. The van der Waals surface area contributed by atoms with Gasteiger partial charge in [0.15, 0.2) is 23.0 Å². The molecule has 0 saturated heterocycles. The molecule has 0 spiro atoms. The average Bonchev–Trinajstić information content (AvgIpc) is 3.30. The van der Waals surface area contributed by atoms with Crippen molar-refractivity contribution in [2.24, 2.45) is 5.92 Å². The molecule has 47 heavy (non-hydrogen) atoms. The summed E-state index contributed by atoms with van der Waals surface area (Å²) in [7, 11) is 7.82. The van der Waals surface area contributed by atoms with Crippen molar-refractivity contribution in [1.82, 2.24) is 10.6 Å². The number of benzene rings is 2. The molecule has 252 valence electrons. The Bertz CT molecular complexity index is 1670. The molecule has 0 bridgehead atoms. The van der Waals surface area contributed by atoms with E-state index >= 15 is 0 Å². The maximum atomic E-state index is 13.8. The van der Waals surface area contributed by atoms with Crippen molar-refractivity contribution in [2.75, 3.05) is 47.4 Å². The van der Waals surface area contributed by atoms with Crippen molar-refractivity contribution in [3.63, 3.8) is 0 Å². The summed E-state index contributed by atoms with van der Waals surface area (Å²) in [6.07, 6.45) is 1.71. The van der Waals surface area contributed by atoms with Gasteiger partial charge in [-0.25, -0.2) is 0 Å². The molecule has 0 fully saturated rings. The van der Waals surface area contributed by atoms with E-state index in [4.69, 9.17) is 23.7 Å². The Balaban J connectivity index is 1.69. The SMILES string of the molecule is COc1ccc(CCNC(=O)C(Nc2ccc3c(cc2=O)C(NC(C)=O)CCc2cc(OC)c(OC)c(OC)c2-3)C(C)C)cc1OC. The maximum absolute atomic E-state index is 13.8. The minimum atomic E-state index is -0.687. The number of aryl methyl sites for hydroxylation is 1. The van der Waals surface area contributed by atoms with Crippen LogP contribution in [0.3, 0.4) is 0 Å². The van der Waals surface area contributed by atoms with Gasteiger partial charge in [-0.3, -0.25) is 14.4 Å². The molecular formula is C36H45N3O8. The monoisotopic (exact) mass is 647 g/mol. The molecule has 1 aliphatic rings. The summed E-state index contributed by atoms with van der Waals surface area (Å²) in [5, 5.41) is 9.23. The van der Waals surface area contributed by atoms with Crippen LogP contribution in [0.2, 0.25) is 0 Å². The number of carbonyl (C=O) groups is 2. The van der Waals surface area contributed by atoms with E-state index < -0.39 is 12.1 Å². The van der Waals surface area contributed by atoms with E-state index in [2.05, 4.69) is 16.0 Å². The Morgan fingerprint density at radius 2 is 1.55 bits per heavy atom. The highest BCUT2D eigenvalue weighted by atomic mass is 16.5. The lowest BCUT2D eigenvalue weighted by Crippen LogP contribution is -2.44. The molecule has 2 unspecified atom stereocenters. The second-order valence-electron chi connectivity index (χ2n) is 11.7. The number of ether oxygens (including phenoxy) is 5. The summed E-state index contributed by atoms with van der Waals surface area (Å²) in [4.78, 5) is 39.5. The quantitative estimate of drug-likeness (QED) is 0.242. The van der Waals surface area contributed by atoms with Crippen molar-refractivity contribution in [3.8, 4) is 39.9 Å². The molecule has 0 radical (unpaired) electrons. The standard InChI is InChI=1S/C36H45N3O8/c1-20(2)33(36(42)37-16-15-22-9-14-29(43-4)30(17-22)44-5)39-27-13-11-24-25(19-28(27)41)26(38-21(3)40)12-10-23-18-31(45-6)34(46-7)35(47-8)32(23)24/h9,11,13-14,17-20,26,33H,10,12,15-16H2,1-8H3,(H,37,42)(H,38,40)(H,39,41). The Morgan fingerprint density at radius 3 is 2.17 bits per heavy atom. The van der Waals surface area contributed by atoms with Crippen LogP contribution in [0.4, 0.5) is 5.69 Å². The first-order chi connectivity index (χ1) is 22.6. The lowest BCUT2D eigenvalue weighted by Gasteiger charge is -2.22. The van der Waals surface area contributed by atoms with E-state index in [1.807, 2.05) is 44.2 Å². The summed E-state index contributed by atoms with van der Waals surface area (Å²) in [6.45, 7) is 5.68. The first kappa shape index (κ1) is 34.9. The van der Waals surface area contributed by atoms with Crippen LogP contribution in [0.15, 0.2) is 47.3 Å². The van der Waals surface area contributed by atoms with Crippen LogP contribution < -0.4 is 45.1 Å².